The normalized spacial score (nSPS) is 18.1. The molecule has 3 rings (SSSR count). The summed E-state index contributed by atoms with van der Waals surface area (Å²) >= 11 is 1.17. The van der Waals surface area contributed by atoms with Crippen molar-refractivity contribution in [3.8, 4) is 0 Å². The summed E-state index contributed by atoms with van der Waals surface area (Å²) in [5.74, 6) is 1.03. The van der Waals surface area contributed by atoms with Crippen LogP contribution in [0.3, 0.4) is 0 Å². The van der Waals surface area contributed by atoms with Gasteiger partial charge in [-0.25, -0.2) is 9.67 Å². The van der Waals surface area contributed by atoms with Gasteiger partial charge in [0, 0.05) is 11.1 Å². The van der Waals surface area contributed by atoms with Crippen LogP contribution >= 0.6 is 11.8 Å². The first-order valence-corrected chi connectivity index (χ1v) is 6.52. The maximum Gasteiger partial charge on any atom is 0.250 e. The third kappa shape index (κ3) is 1.94. The van der Waals surface area contributed by atoms with E-state index in [2.05, 4.69) is 20.4 Å². The van der Waals surface area contributed by atoms with E-state index in [0.717, 1.165) is 5.57 Å². The molecule has 0 unspecified atom stereocenters. The minimum absolute atomic E-state index is 0.00965. The zero-order chi connectivity index (χ0) is 12.9. The number of thioether (sulfide) groups is 1. The van der Waals surface area contributed by atoms with Gasteiger partial charge in [-0.3, -0.25) is 4.79 Å². The average Bonchev–Trinajstić information content (AvgIpc) is 2.77. The molecule has 0 atom stereocenters. The zero-order valence-electron chi connectivity index (χ0n) is 10.4. The second kappa shape index (κ2) is 3.68. The summed E-state index contributed by atoms with van der Waals surface area (Å²) in [5, 5.41) is 9.37. The molecular formula is C11H13N5OS. The number of allylic oxidation sites excluding steroid dienone is 1. The lowest BCUT2D eigenvalue weighted by Crippen LogP contribution is -2.26. The van der Waals surface area contributed by atoms with Crippen LogP contribution in [-0.2, 0) is 11.3 Å². The standard InChI is InChI=1S/C11H13N5OS/c1-11(2,3)14-9-13-10-12-7-6(4-16(10)15-9)5-18-8(7)17/h5H,4H2,1-3H3,(H,14,15). The number of aromatic nitrogens is 3. The number of hydrogen-bond donors (Lipinski definition) is 1. The highest BCUT2D eigenvalue weighted by Crippen LogP contribution is 2.30. The predicted octanol–water partition coefficient (Wildman–Crippen LogP) is 1.73. The van der Waals surface area contributed by atoms with Crippen LogP contribution in [-0.4, -0.2) is 31.1 Å². The first kappa shape index (κ1) is 11.5. The molecule has 0 radical (unpaired) electrons. The van der Waals surface area contributed by atoms with E-state index in [4.69, 9.17) is 0 Å². The highest BCUT2D eigenvalue weighted by molar-refractivity contribution is 8.18. The monoisotopic (exact) mass is 263 g/mol. The fourth-order valence-electron chi connectivity index (χ4n) is 1.77. The summed E-state index contributed by atoms with van der Waals surface area (Å²) < 4.78 is 1.71. The molecule has 3 heterocycles. The molecule has 0 spiro atoms. The van der Waals surface area contributed by atoms with Gasteiger partial charge in [0.05, 0.1) is 6.54 Å². The molecule has 1 aromatic rings. The van der Waals surface area contributed by atoms with Gasteiger partial charge in [0.25, 0.3) is 5.95 Å². The van der Waals surface area contributed by atoms with E-state index in [-0.39, 0.29) is 10.7 Å². The summed E-state index contributed by atoms with van der Waals surface area (Å²) in [6, 6.07) is 0. The van der Waals surface area contributed by atoms with Gasteiger partial charge in [-0.15, -0.1) is 5.10 Å². The summed E-state index contributed by atoms with van der Waals surface area (Å²) in [4.78, 5) is 20.1. The van der Waals surface area contributed by atoms with Gasteiger partial charge >= 0.3 is 0 Å². The van der Waals surface area contributed by atoms with Gasteiger partial charge in [0.1, 0.15) is 5.71 Å². The van der Waals surface area contributed by atoms with Crippen molar-refractivity contribution in [3.63, 3.8) is 0 Å². The molecule has 0 aliphatic carbocycles. The molecule has 94 valence electrons. The molecule has 0 saturated heterocycles. The van der Waals surface area contributed by atoms with Crippen LogP contribution in [0.4, 0.5) is 11.9 Å². The Bertz CT molecular complexity index is 593. The van der Waals surface area contributed by atoms with Gasteiger partial charge in [0.15, 0.2) is 0 Å². The van der Waals surface area contributed by atoms with Crippen LogP contribution in [0.1, 0.15) is 20.8 Å². The molecule has 1 aromatic heterocycles. The lowest BCUT2D eigenvalue weighted by Gasteiger charge is -2.18. The van der Waals surface area contributed by atoms with E-state index in [1.807, 2.05) is 26.2 Å². The Morgan fingerprint density at radius 3 is 2.94 bits per heavy atom. The molecule has 0 bridgehead atoms. The zero-order valence-corrected chi connectivity index (χ0v) is 11.2. The molecule has 6 nitrogen and oxygen atoms in total. The van der Waals surface area contributed by atoms with Crippen molar-refractivity contribution in [2.45, 2.75) is 32.9 Å². The van der Waals surface area contributed by atoms with Gasteiger partial charge in [-0.1, -0.05) is 11.8 Å². The van der Waals surface area contributed by atoms with E-state index in [0.29, 0.717) is 24.2 Å². The van der Waals surface area contributed by atoms with Crippen molar-refractivity contribution in [3.05, 3.63) is 11.0 Å². The molecule has 2 aliphatic heterocycles. The average molecular weight is 263 g/mol. The number of nitrogens with zero attached hydrogens (tertiary/aromatic N) is 4. The third-order valence-corrected chi connectivity index (χ3v) is 3.29. The minimum Gasteiger partial charge on any atom is -0.348 e. The van der Waals surface area contributed by atoms with E-state index < -0.39 is 0 Å². The quantitative estimate of drug-likeness (QED) is 0.835. The van der Waals surface area contributed by atoms with Gasteiger partial charge in [-0.2, -0.15) is 4.98 Å². The SMILES string of the molecule is CC(C)(C)Nc1nc2n(n1)CC1=CSC(=O)C1=N2. The van der Waals surface area contributed by atoms with Crippen molar-refractivity contribution in [2.24, 2.45) is 4.99 Å². The fraction of sp³-hybridized carbons (Fsp3) is 0.455. The number of carbonyl (C=O) groups excluding carboxylic acids is 1. The Labute approximate surface area is 109 Å². The van der Waals surface area contributed by atoms with E-state index in [1.165, 1.54) is 11.8 Å². The van der Waals surface area contributed by atoms with Crippen LogP contribution in [0.15, 0.2) is 16.0 Å². The number of hydrogen-bond acceptors (Lipinski definition) is 6. The molecule has 7 heteroatoms. The molecule has 1 N–H and O–H groups in total. The molecule has 0 amide bonds. The lowest BCUT2D eigenvalue weighted by molar-refractivity contribution is -0.105. The number of rotatable bonds is 1. The number of aliphatic imine (C=N–C) groups is 1. The Morgan fingerprint density at radius 1 is 1.44 bits per heavy atom. The van der Waals surface area contributed by atoms with Crippen molar-refractivity contribution in [1.29, 1.82) is 0 Å². The molecule has 2 aliphatic rings. The molecule has 18 heavy (non-hydrogen) atoms. The smallest absolute Gasteiger partial charge is 0.250 e. The van der Waals surface area contributed by atoms with Gasteiger partial charge < -0.3 is 5.32 Å². The van der Waals surface area contributed by atoms with Crippen LogP contribution in [0.2, 0.25) is 0 Å². The Hall–Kier alpha value is -1.63. The largest absolute Gasteiger partial charge is 0.348 e. The number of nitrogens with one attached hydrogen (secondary N) is 1. The third-order valence-electron chi connectivity index (χ3n) is 2.48. The van der Waals surface area contributed by atoms with Crippen LogP contribution in [0, 0.1) is 0 Å². The van der Waals surface area contributed by atoms with E-state index in [9.17, 15) is 4.79 Å². The fourth-order valence-corrected chi connectivity index (χ4v) is 2.49. The summed E-state index contributed by atoms with van der Waals surface area (Å²) in [7, 11) is 0. The van der Waals surface area contributed by atoms with Gasteiger partial charge in [0.2, 0.25) is 11.1 Å². The van der Waals surface area contributed by atoms with Crippen molar-refractivity contribution in [2.75, 3.05) is 5.32 Å². The minimum atomic E-state index is -0.106. The first-order chi connectivity index (χ1) is 8.42. The molecule has 0 fully saturated rings. The highest BCUT2D eigenvalue weighted by atomic mass is 32.2. The summed E-state index contributed by atoms with van der Waals surface area (Å²) in [5.41, 5.74) is 1.33. The number of fused-ring (bicyclic) bond motifs is 2. The Balaban J connectivity index is 1.95. The first-order valence-electron chi connectivity index (χ1n) is 5.64. The second-order valence-electron chi connectivity index (χ2n) is 5.28. The van der Waals surface area contributed by atoms with Crippen molar-refractivity contribution < 1.29 is 4.79 Å². The Morgan fingerprint density at radius 2 is 2.22 bits per heavy atom. The summed E-state index contributed by atoms with van der Waals surface area (Å²) in [6.45, 7) is 6.68. The molecule has 0 aromatic carbocycles. The lowest BCUT2D eigenvalue weighted by atomic mass is 10.1. The van der Waals surface area contributed by atoms with Gasteiger partial charge in [-0.05, 0) is 26.2 Å². The molecule has 0 saturated carbocycles. The van der Waals surface area contributed by atoms with Crippen LogP contribution in [0.5, 0.6) is 0 Å². The second-order valence-corrected chi connectivity index (χ2v) is 6.12. The maximum atomic E-state index is 11.6. The Kier molecular flexibility index (Phi) is 2.34. The number of anilines is 1. The van der Waals surface area contributed by atoms with Crippen LogP contribution < -0.4 is 5.32 Å². The maximum absolute atomic E-state index is 11.6. The van der Waals surface area contributed by atoms with Crippen molar-refractivity contribution in [1.82, 2.24) is 14.8 Å². The van der Waals surface area contributed by atoms with Crippen molar-refractivity contribution >= 4 is 34.5 Å². The highest BCUT2D eigenvalue weighted by Gasteiger charge is 2.29. The molecular weight excluding hydrogens is 250 g/mol. The van der Waals surface area contributed by atoms with E-state index in [1.54, 1.807) is 4.68 Å². The van der Waals surface area contributed by atoms with E-state index >= 15 is 0 Å². The van der Waals surface area contributed by atoms with Crippen LogP contribution in [0.25, 0.3) is 0 Å². The predicted molar refractivity (Wildman–Crippen MR) is 71.2 cm³/mol. The topological polar surface area (TPSA) is 72.2 Å². The summed E-state index contributed by atoms with van der Waals surface area (Å²) in [6.07, 6.45) is 0. The number of carbonyl (C=O) groups is 1.